The molecule has 4 rings (SSSR count). The molecule has 2 aliphatic rings. The van der Waals surface area contributed by atoms with Crippen LogP contribution in [0, 0.1) is 5.82 Å². The molecule has 2 aromatic rings. The number of hydrogen-bond acceptors (Lipinski definition) is 6. The average molecular weight is 466 g/mol. The van der Waals surface area contributed by atoms with E-state index in [-0.39, 0.29) is 24.7 Å². The first kappa shape index (κ1) is 22.8. The Labute approximate surface area is 196 Å². The van der Waals surface area contributed by atoms with Gasteiger partial charge in [-0.1, -0.05) is 67.2 Å². The Balaban J connectivity index is 1.60. The second-order valence-electron chi connectivity index (χ2n) is 7.56. The van der Waals surface area contributed by atoms with Crippen molar-refractivity contribution in [3.05, 3.63) is 93.9 Å². The molecule has 0 radical (unpaired) electrons. The number of carbonyl (C=O) groups excluding carboxylic acids is 2. The minimum absolute atomic E-state index is 0.0692. The van der Waals surface area contributed by atoms with Gasteiger partial charge in [-0.3, -0.25) is 4.79 Å². The molecule has 0 aromatic heterocycles. The number of rotatable bonds is 7. The molecule has 1 N–H and O–H groups in total. The van der Waals surface area contributed by atoms with Crippen molar-refractivity contribution in [2.24, 2.45) is 4.99 Å². The van der Waals surface area contributed by atoms with Crippen molar-refractivity contribution in [1.82, 2.24) is 10.2 Å². The summed E-state index contributed by atoms with van der Waals surface area (Å²) in [6.07, 6.45) is 0.643. The monoisotopic (exact) mass is 465 g/mol. The normalized spacial score (nSPS) is 17.3. The molecule has 170 valence electrons. The van der Waals surface area contributed by atoms with Crippen molar-refractivity contribution < 1.29 is 18.7 Å². The maximum Gasteiger partial charge on any atom is 0.338 e. The number of amides is 1. The summed E-state index contributed by atoms with van der Waals surface area (Å²) in [4.78, 5) is 32.2. The number of hydrogen-bond donors (Lipinski definition) is 1. The number of nitrogens with one attached hydrogen (secondary N) is 1. The van der Waals surface area contributed by atoms with Crippen molar-refractivity contribution >= 4 is 28.8 Å². The van der Waals surface area contributed by atoms with E-state index in [1.807, 2.05) is 47.6 Å². The van der Waals surface area contributed by atoms with Gasteiger partial charge in [0.25, 0.3) is 0 Å². The second kappa shape index (κ2) is 10.0. The summed E-state index contributed by atoms with van der Waals surface area (Å²) in [6.45, 7) is 2.05. The van der Waals surface area contributed by atoms with E-state index in [0.29, 0.717) is 28.4 Å². The predicted octanol–water partition coefficient (Wildman–Crippen LogP) is 4.67. The van der Waals surface area contributed by atoms with E-state index >= 15 is 0 Å². The summed E-state index contributed by atoms with van der Waals surface area (Å²) in [5.74, 6) is -1.05. The number of esters is 1. The zero-order valence-corrected chi connectivity index (χ0v) is 19.2. The van der Waals surface area contributed by atoms with Crippen molar-refractivity contribution in [3.63, 3.8) is 0 Å². The van der Waals surface area contributed by atoms with Gasteiger partial charge in [-0.05, 0) is 23.5 Å². The molecule has 0 saturated carbocycles. The molecule has 8 heteroatoms. The summed E-state index contributed by atoms with van der Waals surface area (Å²) in [5, 5.41) is 5.38. The van der Waals surface area contributed by atoms with Crippen LogP contribution >= 0.6 is 11.8 Å². The lowest BCUT2D eigenvalue weighted by atomic mass is 9.93. The summed E-state index contributed by atoms with van der Waals surface area (Å²) < 4.78 is 19.0. The van der Waals surface area contributed by atoms with Gasteiger partial charge < -0.3 is 15.0 Å². The fourth-order valence-corrected chi connectivity index (χ4v) is 4.86. The Morgan fingerprint density at radius 1 is 1.15 bits per heavy atom. The molecule has 0 fully saturated rings. The molecule has 0 aliphatic carbocycles. The van der Waals surface area contributed by atoms with Gasteiger partial charge in [0.15, 0.2) is 5.17 Å². The molecular weight excluding hydrogens is 441 g/mol. The third-order valence-electron chi connectivity index (χ3n) is 5.52. The molecule has 0 spiro atoms. The summed E-state index contributed by atoms with van der Waals surface area (Å²) in [6, 6.07) is 15.5. The van der Waals surface area contributed by atoms with E-state index in [4.69, 9.17) is 9.73 Å². The number of nitrogens with zero attached hydrogens (tertiary/aromatic N) is 2. The maximum atomic E-state index is 13.9. The molecule has 2 heterocycles. The first-order valence-corrected chi connectivity index (χ1v) is 11.5. The van der Waals surface area contributed by atoms with Crippen LogP contribution in [0.1, 0.15) is 36.9 Å². The highest BCUT2D eigenvalue weighted by atomic mass is 32.2. The number of benzene rings is 2. The smallest absolute Gasteiger partial charge is 0.338 e. The molecule has 33 heavy (non-hydrogen) atoms. The summed E-state index contributed by atoms with van der Waals surface area (Å²) in [5.41, 5.74) is 3.18. The van der Waals surface area contributed by atoms with Gasteiger partial charge in [-0.25, -0.2) is 14.2 Å². The fourth-order valence-electron chi connectivity index (χ4n) is 3.93. The highest BCUT2D eigenvalue weighted by Crippen LogP contribution is 2.45. The van der Waals surface area contributed by atoms with E-state index in [0.717, 1.165) is 11.3 Å². The molecular formula is C25H24FN3O3S. The van der Waals surface area contributed by atoms with Crippen LogP contribution in [0.2, 0.25) is 0 Å². The van der Waals surface area contributed by atoms with Gasteiger partial charge >= 0.3 is 5.97 Å². The number of halogens is 1. The number of thioether (sulfide) groups is 1. The molecule has 0 unspecified atom stereocenters. The highest BCUT2D eigenvalue weighted by Gasteiger charge is 2.41. The van der Waals surface area contributed by atoms with Crippen LogP contribution in [0.4, 0.5) is 4.39 Å². The predicted molar refractivity (Wildman–Crippen MR) is 126 cm³/mol. The SMILES string of the molecule is CCC1=C(C(=O)OC)[C@H](c2ccccc2)N2C(CC(=O)NCc3ccccc3F)=CSC2=N1. The largest absolute Gasteiger partial charge is 0.466 e. The lowest BCUT2D eigenvalue weighted by Crippen LogP contribution is -2.38. The van der Waals surface area contributed by atoms with Crippen LogP contribution in [-0.2, 0) is 20.9 Å². The Bertz CT molecular complexity index is 1160. The zero-order chi connectivity index (χ0) is 23.4. The Hall–Kier alpha value is -3.39. The number of fused-ring (bicyclic) bond motifs is 1. The van der Waals surface area contributed by atoms with Crippen molar-refractivity contribution in [2.45, 2.75) is 32.4 Å². The van der Waals surface area contributed by atoms with E-state index in [2.05, 4.69) is 5.32 Å². The number of aliphatic imine (C=N–C) groups is 1. The summed E-state index contributed by atoms with van der Waals surface area (Å²) >= 11 is 1.42. The van der Waals surface area contributed by atoms with E-state index < -0.39 is 12.0 Å². The zero-order valence-electron chi connectivity index (χ0n) is 18.4. The molecule has 1 atom stereocenters. The van der Waals surface area contributed by atoms with Gasteiger partial charge in [-0.15, -0.1) is 0 Å². The number of amidine groups is 1. The molecule has 2 aliphatic heterocycles. The van der Waals surface area contributed by atoms with Gasteiger partial charge in [0.1, 0.15) is 5.82 Å². The van der Waals surface area contributed by atoms with E-state index in [1.165, 1.54) is 24.9 Å². The maximum absolute atomic E-state index is 13.9. The number of carbonyl (C=O) groups is 2. The molecule has 2 aromatic carbocycles. The average Bonchev–Trinajstić information content (AvgIpc) is 3.24. The Morgan fingerprint density at radius 2 is 1.88 bits per heavy atom. The minimum atomic E-state index is -0.457. The fraction of sp³-hybridized carbons (Fsp3) is 0.240. The standard InChI is InChI=1S/C25H24FN3O3S/c1-3-20-22(24(31)32-2)23(16-9-5-4-6-10-16)29-18(15-33-25(29)28-20)13-21(30)27-14-17-11-7-8-12-19(17)26/h4-12,15,23H,3,13-14H2,1-2H3,(H,27,30)/t23-/m0/s1. The molecule has 0 bridgehead atoms. The van der Waals surface area contributed by atoms with Crippen molar-refractivity contribution in [3.8, 4) is 0 Å². The first-order valence-electron chi connectivity index (χ1n) is 10.6. The lowest BCUT2D eigenvalue weighted by Gasteiger charge is -2.36. The van der Waals surface area contributed by atoms with Gasteiger partial charge in [0.05, 0.1) is 30.8 Å². The number of methoxy groups -OCH3 is 1. The Kier molecular flexibility index (Phi) is 6.93. The van der Waals surface area contributed by atoms with Crippen LogP contribution in [0.15, 0.2) is 82.0 Å². The second-order valence-corrected chi connectivity index (χ2v) is 8.39. The third kappa shape index (κ3) is 4.71. The van der Waals surface area contributed by atoms with Gasteiger partial charge in [-0.2, -0.15) is 0 Å². The third-order valence-corrected chi connectivity index (χ3v) is 6.41. The van der Waals surface area contributed by atoms with E-state index in [9.17, 15) is 14.0 Å². The van der Waals surface area contributed by atoms with Crippen LogP contribution in [0.5, 0.6) is 0 Å². The van der Waals surface area contributed by atoms with Crippen molar-refractivity contribution in [1.29, 1.82) is 0 Å². The number of ether oxygens (including phenoxy) is 1. The topological polar surface area (TPSA) is 71.0 Å². The Morgan fingerprint density at radius 3 is 2.58 bits per heavy atom. The van der Waals surface area contributed by atoms with Crippen LogP contribution in [0.25, 0.3) is 0 Å². The lowest BCUT2D eigenvalue weighted by molar-refractivity contribution is -0.136. The van der Waals surface area contributed by atoms with Gasteiger partial charge in [0, 0.05) is 17.8 Å². The summed E-state index contributed by atoms with van der Waals surface area (Å²) in [7, 11) is 1.36. The quantitative estimate of drug-likeness (QED) is 0.602. The van der Waals surface area contributed by atoms with Crippen molar-refractivity contribution in [2.75, 3.05) is 7.11 Å². The molecule has 1 amide bonds. The molecule has 0 saturated heterocycles. The molecule has 6 nitrogen and oxygen atoms in total. The number of allylic oxidation sites excluding steroid dienone is 1. The first-order chi connectivity index (χ1) is 16.0. The minimum Gasteiger partial charge on any atom is -0.466 e. The van der Waals surface area contributed by atoms with Crippen LogP contribution in [0.3, 0.4) is 0 Å². The van der Waals surface area contributed by atoms with Crippen LogP contribution in [-0.4, -0.2) is 29.1 Å². The highest BCUT2D eigenvalue weighted by molar-refractivity contribution is 8.16. The van der Waals surface area contributed by atoms with E-state index in [1.54, 1.807) is 18.2 Å². The van der Waals surface area contributed by atoms with Crippen LogP contribution < -0.4 is 5.32 Å². The van der Waals surface area contributed by atoms with Gasteiger partial charge in [0.2, 0.25) is 5.91 Å².